The lowest BCUT2D eigenvalue weighted by Crippen LogP contribution is -2.49. The Kier molecular flexibility index (Phi) is 8.54. The van der Waals surface area contributed by atoms with Crippen molar-refractivity contribution in [2.45, 2.75) is 6.10 Å². The van der Waals surface area contributed by atoms with Crippen LogP contribution in [0, 0.1) is 0 Å². The summed E-state index contributed by atoms with van der Waals surface area (Å²) in [5.74, 6) is 1.24. The maximum Gasteiger partial charge on any atom is 0.185 e. The second kappa shape index (κ2) is 12.2. The van der Waals surface area contributed by atoms with E-state index >= 15 is 0 Å². The molecule has 1 unspecified atom stereocenters. The number of ketones is 1. The maximum absolute atomic E-state index is 12.6. The van der Waals surface area contributed by atoms with E-state index in [9.17, 15) is 9.90 Å². The lowest BCUT2D eigenvalue weighted by Gasteiger charge is -2.36. The highest BCUT2D eigenvalue weighted by molar-refractivity contribution is 6.07. The van der Waals surface area contributed by atoms with Crippen LogP contribution in [-0.4, -0.2) is 68.3 Å². The summed E-state index contributed by atoms with van der Waals surface area (Å²) in [6, 6.07) is 25.0. The lowest BCUT2D eigenvalue weighted by atomic mass is 10.1. The van der Waals surface area contributed by atoms with Gasteiger partial charge in [0.05, 0.1) is 7.11 Å². The molecule has 182 valence electrons. The predicted molar refractivity (Wildman–Crippen MR) is 139 cm³/mol. The molecule has 0 aromatic heterocycles. The van der Waals surface area contributed by atoms with Gasteiger partial charge >= 0.3 is 0 Å². The molecular formula is C29H32N2O4. The van der Waals surface area contributed by atoms with Gasteiger partial charge in [-0.25, -0.2) is 0 Å². The normalized spacial score (nSPS) is 15.2. The fourth-order valence-corrected chi connectivity index (χ4v) is 4.09. The summed E-state index contributed by atoms with van der Waals surface area (Å²) in [6.45, 7) is 4.41. The van der Waals surface area contributed by atoms with Gasteiger partial charge in [-0.3, -0.25) is 9.69 Å². The van der Waals surface area contributed by atoms with E-state index in [1.54, 1.807) is 43.5 Å². The molecule has 6 heteroatoms. The van der Waals surface area contributed by atoms with Gasteiger partial charge in [0.2, 0.25) is 0 Å². The van der Waals surface area contributed by atoms with E-state index in [0.717, 1.165) is 37.5 Å². The number of allylic oxidation sites excluding steroid dienone is 1. The number of benzene rings is 3. The Balaban J connectivity index is 1.23. The van der Waals surface area contributed by atoms with Gasteiger partial charge in [0.1, 0.15) is 24.2 Å². The van der Waals surface area contributed by atoms with Crippen LogP contribution < -0.4 is 14.4 Å². The Morgan fingerprint density at radius 1 is 0.943 bits per heavy atom. The monoisotopic (exact) mass is 472 g/mol. The highest BCUT2D eigenvalue weighted by atomic mass is 16.5. The van der Waals surface area contributed by atoms with Gasteiger partial charge in [-0.05, 0) is 48.0 Å². The van der Waals surface area contributed by atoms with Crippen molar-refractivity contribution < 1.29 is 19.4 Å². The van der Waals surface area contributed by atoms with Crippen LogP contribution in [0.25, 0.3) is 6.08 Å². The number of piperazine rings is 1. The molecule has 35 heavy (non-hydrogen) atoms. The molecule has 0 aliphatic carbocycles. The van der Waals surface area contributed by atoms with Crippen LogP contribution in [0.2, 0.25) is 0 Å². The van der Waals surface area contributed by atoms with E-state index in [-0.39, 0.29) is 12.4 Å². The fraction of sp³-hybridized carbons (Fsp3) is 0.276. The molecule has 1 saturated heterocycles. The van der Waals surface area contributed by atoms with Crippen LogP contribution in [0.4, 0.5) is 5.69 Å². The van der Waals surface area contributed by atoms with Crippen LogP contribution in [0.3, 0.4) is 0 Å². The molecular weight excluding hydrogens is 440 g/mol. The van der Waals surface area contributed by atoms with Crippen LogP contribution >= 0.6 is 0 Å². The van der Waals surface area contributed by atoms with E-state index in [2.05, 4.69) is 34.1 Å². The second-order valence-corrected chi connectivity index (χ2v) is 8.59. The molecule has 3 aromatic rings. The number of aliphatic hydroxyl groups is 1. The SMILES string of the molecule is COc1ccc(C=CC(=O)c2cccc(OCC(O)CN3CCN(c4ccccc4)CC3)c2)cc1. The third-order valence-corrected chi connectivity index (χ3v) is 6.07. The first kappa shape index (κ1) is 24.5. The van der Waals surface area contributed by atoms with Crippen LogP contribution in [0.5, 0.6) is 11.5 Å². The average Bonchev–Trinajstić information content (AvgIpc) is 2.92. The van der Waals surface area contributed by atoms with Gasteiger partial charge in [0.25, 0.3) is 0 Å². The number of β-amino-alcohol motifs (C(OH)–C–C–N with tert-alkyl or cyclic N) is 1. The number of anilines is 1. The van der Waals surface area contributed by atoms with Crippen molar-refractivity contribution >= 4 is 17.5 Å². The van der Waals surface area contributed by atoms with Crippen molar-refractivity contribution in [1.82, 2.24) is 4.90 Å². The summed E-state index contributed by atoms with van der Waals surface area (Å²) < 4.78 is 11.0. The fourth-order valence-electron chi connectivity index (χ4n) is 4.09. The van der Waals surface area contributed by atoms with Gasteiger partial charge in [0.15, 0.2) is 5.78 Å². The van der Waals surface area contributed by atoms with Crippen LogP contribution in [0.1, 0.15) is 15.9 Å². The smallest absolute Gasteiger partial charge is 0.185 e. The van der Waals surface area contributed by atoms with E-state index in [0.29, 0.717) is 17.9 Å². The van der Waals surface area contributed by atoms with Crippen molar-refractivity contribution in [3.63, 3.8) is 0 Å². The van der Waals surface area contributed by atoms with Gasteiger partial charge in [-0.1, -0.05) is 48.5 Å². The minimum Gasteiger partial charge on any atom is -0.497 e. The largest absolute Gasteiger partial charge is 0.497 e. The molecule has 1 aliphatic heterocycles. The van der Waals surface area contributed by atoms with Crippen molar-refractivity contribution in [1.29, 1.82) is 0 Å². The quantitative estimate of drug-likeness (QED) is 0.353. The zero-order chi connectivity index (χ0) is 24.5. The summed E-state index contributed by atoms with van der Waals surface area (Å²) in [4.78, 5) is 17.2. The Hall–Kier alpha value is -3.61. The van der Waals surface area contributed by atoms with E-state index in [4.69, 9.17) is 9.47 Å². The molecule has 4 rings (SSSR count). The summed E-state index contributed by atoms with van der Waals surface area (Å²) in [5, 5.41) is 10.5. The number of aliphatic hydroxyl groups excluding tert-OH is 1. The van der Waals surface area contributed by atoms with Crippen LogP contribution in [0.15, 0.2) is 84.9 Å². The molecule has 0 radical (unpaired) electrons. The maximum atomic E-state index is 12.6. The lowest BCUT2D eigenvalue weighted by molar-refractivity contribution is 0.0663. The van der Waals surface area contributed by atoms with Crippen LogP contribution in [-0.2, 0) is 0 Å². The Labute approximate surface area is 207 Å². The van der Waals surface area contributed by atoms with Gasteiger partial charge in [-0.2, -0.15) is 0 Å². The van der Waals surface area contributed by atoms with Gasteiger partial charge in [0, 0.05) is 44.0 Å². The molecule has 1 aliphatic rings. The number of rotatable bonds is 10. The minimum atomic E-state index is -0.604. The number of nitrogens with zero attached hydrogens (tertiary/aromatic N) is 2. The summed E-state index contributed by atoms with van der Waals surface area (Å²) in [6.07, 6.45) is 2.72. The number of ether oxygens (including phenoxy) is 2. The first-order valence-electron chi connectivity index (χ1n) is 11.9. The minimum absolute atomic E-state index is 0.108. The Morgan fingerprint density at radius 2 is 1.69 bits per heavy atom. The molecule has 1 atom stereocenters. The average molecular weight is 473 g/mol. The molecule has 1 fully saturated rings. The number of hydrogen-bond acceptors (Lipinski definition) is 6. The van der Waals surface area contributed by atoms with Gasteiger partial charge in [-0.15, -0.1) is 0 Å². The number of para-hydroxylation sites is 1. The number of hydrogen-bond donors (Lipinski definition) is 1. The van der Waals surface area contributed by atoms with Crippen molar-refractivity contribution in [2.24, 2.45) is 0 Å². The third-order valence-electron chi connectivity index (χ3n) is 6.07. The first-order valence-corrected chi connectivity index (χ1v) is 11.9. The number of carbonyl (C=O) groups is 1. The standard InChI is InChI=1S/C29H32N2O4/c1-34-27-13-10-23(11-14-27)12-15-29(33)24-6-5-9-28(20-24)35-22-26(32)21-30-16-18-31(19-17-30)25-7-3-2-4-8-25/h2-15,20,26,32H,16-19,21-22H2,1H3. The van der Waals surface area contributed by atoms with Gasteiger partial charge < -0.3 is 19.5 Å². The number of carbonyl (C=O) groups excluding carboxylic acids is 1. The molecule has 3 aromatic carbocycles. The molecule has 1 heterocycles. The molecule has 0 spiro atoms. The zero-order valence-corrected chi connectivity index (χ0v) is 20.0. The molecule has 1 N–H and O–H groups in total. The zero-order valence-electron chi connectivity index (χ0n) is 20.0. The van der Waals surface area contributed by atoms with E-state index in [1.165, 1.54) is 5.69 Å². The van der Waals surface area contributed by atoms with E-state index in [1.807, 2.05) is 30.3 Å². The number of methoxy groups -OCH3 is 1. The van der Waals surface area contributed by atoms with Crippen molar-refractivity contribution in [3.05, 3.63) is 96.1 Å². The van der Waals surface area contributed by atoms with E-state index < -0.39 is 6.10 Å². The summed E-state index contributed by atoms with van der Waals surface area (Å²) in [7, 11) is 1.62. The molecule has 0 saturated carbocycles. The van der Waals surface area contributed by atoms with Crippen molar-refractivity contribution in [3.8, 4) is 11.5 Å². The summed E-state index contributed by atoms with van der Waals surface area (Å²) >= 11 is 0. The topological polar surface area (TPSA) is 62.2 Å². The second-order valence-electron chi connectivity index (χ2n) is 8.59. The molecule has 6 nitrogen and oxygen atoms in total. The molecule has 0 amide bonds. The Bertz CT molecular complexity index is 1110. The molecule has 0 bridgehead atoms. The highest BCUT2D eigenvalue weighted by Gasteiger charge is 2.19. The first-order chi connectivity index (χ1) is 17.1. The Morgan fingerprint density at radius 3 is 2.40 bits per heavy atom. The summed E-state index contributed by atoms with van der Waals surface area (Å²) in [5.41, 5.74) is 2.70. The highest BCUT2D eigenvalue weighted by Crippen LogP contribution is 2.18. The third kappa shape index (κ3) is 7.18. The predicted octanol–water partition coefficient (Wildman–Crippen LogP) is 4.15. The van der Waals surface area contributed by atoms with Crippen molar-refractivity contribution in [2.75, 3.05) is 51.3 Å².